The van der Waals surface area contributed by atoms with E-state index in [4.69, 9.17) is 4.74 Å². The van der Waals surface area contributed by atoms with E-state index in [0.29, 0.717) is 17.0 Å². The molecule has 6 nitrogen and oxygen atoms in total. The zero-order valence-corrected chi connectivity index (χ0v) is 14.7. The molecule has 1 aliphatic carbocycles. The first kappa shape index (κ1) is 16.6. The Morgan fingerprint density at radius 1 is 1.30 bits per heavy atom. The summed E-state index contributed by atoms with van der Waals surface area (Å²) in [7, 11) is 0. The lowest BCUT2D eigenvalue weighted by Gasteiger charge is -2.34. The number of aromatic nitrogens is 2. The largest absolute Gasteiger partial charge is 0.378 e. The third-order valence-electron chi connectivity index (χ3n) is 4.81. The van der Waals surface area contributed by atoms with E-state index in [9.17, 15) is 4.79 Å². The maximum Gasteiger partial charge on any atom is 0.321 e. The molecule has 1 aliphatic heterocycles. The number of carbonyl (C=O) groups excluding carboxylic acids is 1. The average Bonchev–Trinajstić information content (AvgIpc) is 3.29. The van der Waals surface area contributed by atoms with E-state index in [-0.39, 0.29) is 18.2 Å². The van der Waals surface area contributed by atoms with Gasteiger partial charge < -0.3 is 10.1 Å². The SMILES string of the molecule is CCC(CC)[C@H]1C[C@@H](NC(=O)Nc2nnc(C3CC3)s2)CCO1. The second kappa shape index (κ2) is 7.57. The molecule has 2 fully saturated rings. The van der Waals surface area contributed by atoms with Gasteiger partial charge in [-0.2, -0.15) is 0 Å². The number of nitrogens with one attached hydrogen (secondary N) is 2. The van der Waals surface area contributed by atoms with Crippen molar-refractivity contribution in [1.29, 1.82) is 0 Å². The summed E-state index contributed by atoms with van der Waals surface area (Å²) in [5.41, 5.74) is 0. The van der Waals surface area contributed by atoms with Gasteiger partial charge in [0.2, 0.25) is 5.13 Å². The number of amides is 2. The van der Waals surface area contributed by atoms with Gasteiger partial charge in [-0.15, -0.1) is 10.2 Å². The van der Waals surface area contributed by atoms with Crippen LogP contribution >= 0.6 is 11.3 Å². The van der Waals surface area contributed by atoms with Crippen LogP contribution in [0, 0.1) is 5.92 Å². The molecular weight excluding hydrogens is 312 g/mol. The van der Waals surface area contributed by atoms with Gasteiger partial charge in [0.25, 0.3) is 0 Å². The highest BCUT2D eigenvalue weighted by Gasteiger charge is 2.29. The quantitative estimate of drug-likeness (QED) is 0.832. The average molecular weight is 338 g/mol. The van der Waals surface area contributed by atoms with E-state index < -0.39 is 0 Å². The zero-order valence-electron chi connectivity index (χ0n) is 13.9. The molecule has 7 heteroatoms. The van der Waals surface area contributed by atoms with Crippen LogP contribution in [0.3, 0.4) is 0 Å². The predicted octanol–water partition coefficient (Wildman–Crippen LogP) is 3.52. The standard InChI is InChI=1S/C16H26N4O2S/c1-3-10(4-2)13-9-12(7-8-22-13)17-15(21)18-16-20-19-14(23-16)11-5-6-11/h10-13H,3-9H2,1-2H3,(H2,17,18,20,21)/t12-,13+/m0/s1. The molecule has 2 N–H and O–H groups in total. The fourth-order valence-electron chi connectivity index (χ4n) is 3.20. The molecule has 23 heavy (non-hydrogen) atoms. The van der Waals surface area contributed by atoms with Crippen molar-refractivity contribution in [3.63, 3.8) is 0 Å². The van der Waals surface area contributed by atoms with Crippen molar-refractivity contribution < 1.29 is 9.53 Å². The van der Waals surface area contributed by atoms with Crippen LogP contribution in [0.15, 0.2) is 0 Å². The van der Waals surface area contributed by atoms with Crippen molar-refractivity contribution >= 4 is 22.5 Å². The molecule has 2 heterocycles. The summed E-state index contributed by atoms with van der Waals surface area (Å²) in [6.45, 7) is 5.12. The highest BCUT2D eigenvalue weighted by Crippen LogP contribution is 2.42. The van der Waals surface area contributed by atoms with Gasteiger partial charge in [-0.05, 0) is 31.6 Å². The third kappa shape index (κ3) is 4.41. The van der Waals surface area contributed by atoms with Crippen molar-refractivity contribution in [2.75, 3.05) is 11.9 Å². The monoisotopic (exact) mass is 338 g/mol. The molecule has 0 bridgehead atoms. The molecule has 0 unspecified atom stereocenters. The van der Waals surface area contributed by atoms with Gasteiger partial charge in [-0.25, -0.2) is 4.79 Å². The zero-order chi connectivity index (χ0) is 16.2. The van der Waals surface area contributed by atoms with E-state index in [2.05, 4.69) is 34.7 Å². The molecule has 1 saturated heterocycles. The summed E-state index contributed by atoms with van der Waals surface area (Å²) < 4.78 is 5.90. The molecule has 2 amide bonds. The lowest BCUT2D eigenvalue weighted by Crippen LogP contribution is -2.45. The Labute approximate surface area is 141 Å². The van der Waals surface area contributed by atoms with Gasteiger partial charge >= 0.3 is 6.03 Å². The Hall–Kier alpha value is -1.21. The van der Waals surface area contributed by atoms with Gasteiger partial charge in [0.1, 0.15) is 5.01 Å². The van der Waals surface area contributed by atoms with Crippen molar-refractivity contribution in [2.45, 2.75) is 70.4 Å². The maximum atomic E-state index is 12.2. The molecule has 0 aromatic carbocycles. The van der Waals surface area contributed by atoms with Crippen LogP contribution in [-0.2, 0) is 4.74 Å². The van der Waals surface area contributed by atoms with Gasteiger partial charge in [-0.3, -0.25) is 5.32 Å². The Balaban J connectivity index is 1.48. The Morgan fingerprint density at radius 3 is 2.78 bits per heavy atom. The number of carbonyl (C=O) groups is 1. The van der Waals surface area contributed by atoms with E-state index in [1.165, 1.54) is 24.2 Å². The number of hydrogen-bond donors (Lipinski definition) is 2. The Bertz CT molecular complexity index is 528. The molecule has 2 aliphatic rings. The summed E-state index contributed by atoms with van der Waals surface area (Å²) >= 11 is 1.49. The number of rotatable bonds is 6. The topological polar surface area (TPSA) is 76.1 Å². The molecule has 1 saturated carbocycles. The second-order valence-electron chi connectivity index (χ2n) is 6.53. The molecule has 1 aromatic rings. The van der Waals surface area contributed by atoms with Crippen molar-refractivity contribution in [3.8, 4) is 0 Å². The highest BCUT2D eigenvalue weighted by molar-refractivity contribution is 7.15. The van der Waals surface area contributed by atoms with Crippen LogP contribution in [0.4, 0.5) is 9.93 Å². The molecule has 0 radical (unpaired) electrons. The van der Waals surface area contributed by atoms with Crippen molar-refractivity contribution in [3.05, 3.63) is 5.01 Å². The van der Waals surface area contributed by atoms with Crippen molar-refractivity contribution in [2.24, 2.45) is 5.92 Å². The van der Waals surface area contributed by atoms with Crippen LogP contribution in [0.2, 0.25) is 0 Å². The number of hydrogen-bond acceptors (Lipinski definition) is 5. The van der Waals surface area contributed by atoms with Crippen LogP contribution in [0.5, 0.6) is 0 Å². The van der Waals surface area contributed by atoms with Gasteiger partial charge in [0.15, 0.2) is 0 Å². The van der Waals surface area contributed by atoms with Gasteiger partial charge in [-0.1, -0.05) is 38.0 Å². The molecule has 3 rings (SSSR count). The first-order valence-corrected chi connectivity index (χ1v) is 9.53. The fourth-order valence-corrected chi connectivity index (χ4v) is 4.11. The van der Waals surface area contributed by atoms with Crippen molar-refractivity contribution in [1.82, 2.24) is 15.5 Å². The molecule has 2 atom stereocenters. The van der Waals surface area contributed by atoms with E-state index in [1.807, 2.05) is 0 Å². The van der Waals surface area contributed by atoms with Crippen LogP contribution < -0.4 is 10.6 Å². The number of anilines is 1. The summed E-state index contributed by atoms with van der Waals surface area (Å²) in [4.78, 5) is 12.2. The summed E-state index contributed by atoms with van der Waals surface area (Å²) in [5.74, 6) is 1.15. The molecule has 128 valence electrons. The maximum absolute atomic E-state index is 12.2. The number of ether oxygens (including phenoxy) is 1. The first-order valence-electron chi connectivity index (χ1n) is 8.72. The van der Waals surface area contributed by atoms with Gasteiger partial charge in [0, 0.05) is 18.6 Å². The smallest absolute Gasteiger partial charge is 0.321 e. The lowest BCUT2D eigenvalue weighted by atomic mass is 9.89. The van der Waals surface area contributed by atoms with E-state index in [1.54, 1.807) is 0 Å². The molecular formula is C16H26N4O2S. The predicted molar refractivity (Wildman–Crippen MR) is 90.9 cm³/mol. The van der Waals surface area contributed by atoms with Crippen LogP contribution in [0.25, 0.3) is 0 Å². The number of urea groups is 1. The number of nitrogens with zero attached hydrogens (tertiary/aromatic N) is 2. The second-order valence-corrected chi connectivity index (χ2v) is 7.53. The normalized spacial score (nSPS) is 24.7. The first-order chi connectivity index (χ1) is 11.2. The van der Waals surface area contributed by atoms with Gasteiger partial charge in [0.05, 0.1) is 6.10 Å². The van der Waals surface area contributed by atoms with Crippen LogP contribution in [0.1, 0.15) is 63.3 Å². The lowest BCUT2D eigenvalue weighted by molar-refractivity contribution is -0.0329. The minimum Gasteiger partial charge on any atom is -0.378 e. The minimum absolute atomic E-state index is 0.171. The summed E-state index contributed by atoms with van der Waals surface area (Å²) in [6.07, 6.45) is 6.65. The van der Waals surface area contributed by atoms with Crippen LogP contribution in [-0.4, -0.2) is 35.0 Å². The molecule has 0 spiro atoms. The fraction of sp³-hybridized carbons (Fsp3) is 0.812. The Kier molecular flexibility index (Phi) is 5.48. The summed E-state index contributed by atoms with van der Waals surface area (Å²) in [6, 6.07) is -0.0103. The third-order valence-corrected chi connectivity index (χ3v) is 5.81. The van der Waals surface area contributed by atoms with E-state index in [0.717, 1.165) is 37.3 Å². The molecule has 1 aromatic heterocycles. The van der Waals surface area contributed by atoms with E-state index >= 15 is 0 Å². The highest BCUT2D eigenvalue weighted by atomic mass is 32.1. The summed E-state index contributed by atoms with van der Waals surface area (Å²) in [5, 5.41) is 15.7. The Morgan fingerprint density at radius 2 is 2.09 bits per heavy atom. The minimum atomic E-state index is -0.182.